The van der Waals surface area contributed by atoms with Crippen LogP contribution < -0.4 is 15.0 Å². The maximum atomic E-state index is 12.8. The molecule has 154 valence electrons. The summed E-state index contributed by atoms with van der Waals surface area (Å²) in [7, 11) is 0. The summed E-state index contributed by atoms with van der Waals surface area (Å²) >= 11 is 0. The van der Waals surface area contributed by atoms with Crippen LogP contribution in [0.2, 0.25) is 0 Å². The zero-order valence-corrected chi connectivity index (χ0v) is 17.1. The van der Waals surface area contributed by atoms with Crippen LogP contribution in [0.4, 0.5) is 5.69 Å². The van der Waals surface area contributed by atoms with Gasteiger partial charge >= 0.3 is 0 Å². The predicted octanol–water partition coefficient (Wildman–Crippen LogP) is 3.55. The molecule has 6 nitrogen and oxygen atoms in total. The van der Waals surface area contributed by atoms with Gasteiger partial charge in [-0.3, -0.25) is 4.79 Å². The minimum atomic E-state index is -0.501. The van der Waals surface area contributed by atoms with Crippen molar-refractivity contribution in [3.05, 3.63) is 72.6 Å². The molecule has 1 aliphatic heterocycles. The summed E-state index contributed by atoms with van der Waals surface area (Å²) in [5, 5.41) is 7.43. The van der Waals surface area contributed by atoms with Crippen molar-refractivity contribution in [2.45, 2.75) is 38.5 Å². The van der Waals surface area contributed by atoms with Gasteiger partial charge in [0.25, 0.3) is 5.91 Å². The second kappa shape index (κ2) is 7.86. The third kappa shape index (κ3) is 3.77. The van der Waals surface area contributed by atoms with Gasteiger partial charge in [-0.15, -0.1) is 0 Å². The number of ether oxygens (including phenoxy) is 1. The second-order valence-electron chi connectivity index (χ2n) is 8.35. The largest absolute Gasteiger partial charge is 0.477 e. The summed E-state index contributed by atoms with van der Waals surface area (Å²) in [4.78, 5) is 15.1. The zero-order chi connectivity index (χ0) is 20.5. The highest BCUT2D eigenvalue weighted by Crippen LogP contribution is 2.34. The molecule has 6 heteroatoms. The number of hydrogen-bond donors (Lipinski definition) is 1. The summed E-state index contributed by atoms with van der Waals surface area (Å²) in [5.74, 6) is 1.45. The van der Waals surface area contributed by atoms with Crippen molar-refractivity contribution in [1.29, 1.82) is 0 Å². The third-order valence-electron chi connectivity index (χ3n) is 5.95. The Kier molecular flexibility index (Phi) is 4.91. The third-order valence-corrected chi connectivity index (χ3v) is 5.95. The molecular weight excluding hydrogens is 376 g/mol. The van der Waals surface area contributed by atoms with Crippen LogP contribution in [-0.2, 0) is 11.3 Å². The van der Waals surface area contributed by atoms with Crippen LogP contribution in [0.3, 0.4) is 0 Å². The van der Waals surface area contributed by atoms with Gasteiger partial charge in [-0.2, -0.15) is 5.10 Å². The molecule has 0 saturated heterocycles. The quantitative estimate of drug-likeness (QED) is 0.709. The Morgan fingerprint density at radius 2 is 1.93 bits per heavy atom. The van der Waals surface area contributed by atoms with Gasteiger partial charge in [0.05, 0.1) is 17.9 Å². The highest BCUT2D eigenvalue weighted by Gasteiger charge is 2.34. The molecule has 0 spiro atoms. The molecule has 2 aliphatic rings. The van der Waals surface area contributed by atoms with Crippen molar-refractivity contribution in [2.24, 2.45) is 5.92 Å². The van der Waals surface area contributed by atoms with Gasteiger partial charge in [-0.05, 0) is 54.7 Å². The van der Waals surface area contributed by atoms with Crippen LogP contribution in [0.1, 0.15) is 25.3 Å². The number of hydrogen-bond acceptors (Lipinski definition) is 4. The highest BCUT2D eigenvalue weighted by molar-refractivity contribution is 5.83. The van der Waals surface area contributed by atoms with Gasteiger partial charge in [0, 0.05) is 25.0 Å². The molecule has 1 unspecified atom stereocenters. The van der Waals surface area contributed by atoms with E-state index in [1.807, 2.05) is 35.1 Å². The van der Waals surface area contributed by atoms with E-state index in [1.54, 1.807) is 6.20 Å². The number of nitrogens with zero attached hydrogens (tertiary/aromatic N) is 3. The molecule has 0 radical (unpaired) electrons. The van der Waals surface area contributed by atoms with Crippen molar-refractivity contribution in [1.82, 2.24) is 15.1 Å². The van der Waals surface area contributed by atoms with Crippen LogP contribution in [0.25, 0.3) is 5.69 Å². The van der Waals surface area contributed by atoms with Crippen molar-refractivity contribution in [2.75, 3.05) is 11.4 Å². The van der Waals surface area contributed by atoms with E-state index in [-0.39, 0.29) is 11.9 Å². The van der Waals surface area contributed by atoms with Gasteiger partial charge in [0.2, 0.25) is 0 Å². The number of anilines is 1. The Bertz CT molecular complexity index is 1010. The molecule has 1 atom stereocenters. The minimum Gasteiger partial charge on any atom is -0.477 e. The summed E-state index contributed by atoms with van der Waals surface area (Å²) < 4.78 is 7.90. The lowest BCUT2D eigenvalue weighted by Crippen LogP contribution is -2.53. The summed E-state index contributed by atoms with van der Waals surface area (Å²) in [6.07, 6.45) is 5.31. The molecule has 2 aromatic carbocycles. The lowest BCUT2D eigenvalue weighted by molar-refractivity contribution is -0.129. The lowest BCUT2D eigenvalue weighted by atomic mass is 9.82. The van der Waals surface area contributed by atoms with E-state index in [9.17, 15) is 4.79 Å². The first-order valence-electron chi connectivity index (χ1n) is 10.6. The fraction of sp³-hybridized carbons (Fsp3) is 0.333. The van der Waals surface area contributed by atoms with Crippen molar-refractivity contribution in [3.63, 3.8) is 0 Å². The van der Waals surface area contributed by atoms with E-state index in [0.29, 0.717) is 19.0 Å². The summed E-state index contributed by atoms with van der Waals surface area (Å²) in [6.45, 7) is 3.46. The van der Waals surface area contributed by atoms with E-state index in [2.05, 4.69) is 52.6 Å². The number of rotatable bonds is 5. The summed E-state index contributed by atoms with van der Waals surface area (Å²) in [5.41, 5.74) is 3.22. The van der Waals surface area contributed by atoms with Crippen LogP contribution in [0, 0.1) is 5.92 Å². The molecule has 2 heterocycles. The molecule has 1 amide bonds. The molecule has 5 rings (SSSR count). The highest BCUT2D eigenvalue weighted by atomic mass is 16.5. The smallest absolute Gasteiger partial charge is 0.263 e. The van der Waals surface area contributed by atoms with Gasteiger partial charge in [-0.1, -0.05) is 31.2 Å². The van der Waals surface area contributed by atoms with Gasteiger partial charge in [0.1, 0.15) is 5.75 Å². The average molecular weight is 402 g/mol. The zero-order valence-electron chi connectivity index (χ0n) is 17.1. The van der Waals surface area contributed by atoms with Crippen molar-refractivity contribution >= 4 is 11.6 Å². The SMILES string of the molecule is CC1CC(NC(=O)C2CN(Cc3ccc(-n4cccn4)cc3)c3ccccc3O2)C1. The minimum absolute atomic E-state index is 0.0135. The van der Waals surface area contributed by atoms with E-state index >= 15 is 0 Å². The number of carbonyl (C=O) groups is 1. The van der Waals surface area contributed by atoms with Gasteiger partial charge in [-0.25, -0.2) is 4.68 Å². The van der Waals surface area contributed by atoms with Crippen LogP contribution in [0.5, 0.6) is 5.75 Å². The number of amides is 1. The predicted molar refractivity (Wildman–Crippen MR) is 116 cm³/mol. The average Bonchev–Trinajstić information content (AvgIpc) is 3.28. The Morgan fingerprint density at radius 1 is 1.13 bits per heavy atom. The summed E-state index contributed by atoms with van der Waals surface area (Å²) in [6, 6.07) is 18.5. The normalized spacial score (nSPS) is 22.6. The van der Waals surface area contributed by atoms with Crippen LogP contribution >= 0.6 is 0 Å². The number of carbonyl (C=O) groups excluding carboxylic acids is 1. The number of fused-ring (bicyclic) bond motifs is 1. The second-order valence-corrected chi connectivity index (χ2v) is 8.35. The van der Waals surface area contributed by atoms with E-state index in [1.165, 1.54) is 5.56 Å². The molecule has 1 saturated carbocycles. The molecule has 3 aromatic rings. The van der Waals surface area contributed by atoms with Crippen LogP contribution in [0.15, 0.2) is 67.0 Å². The fourth-order valence-corrected chi connectivity index (χ4v) is 4.30. The molecule has 0 bridgehead atoms. The Hall–Kier alpha value is -3.28. The number of aromatic nitrogens is 2. The first-order chi connectivity index (χ1) is 14.7. The molecule has 1 aromatic heterocycles. The molecular formula is C24H26N4O2. The van der Waals surface area contributed by atoms with Crippen molar-refractivity contribution < 1.29 is 9.53 Å². The monoisotopic (exact) mass is 402 g/mol. The van der Waals surface area contributed by atoms with E-state index < -0.39 is 6.10 Å². The molecule has 1 fully saturated rings. The van der Waals surface area contributed by atoms with Gasteiger partial charge in [0.15, 0.2) is 6.10 Å². The maximum Gasteiger partial charge on any atom is 0.263 e. The topological polar surface area (TPSA) is 59.4 Å². The van der Waals surface area contributed by atoms with Gasteiger partial charge < -0.3 is 15.0 Å². The first-order valence-corrected chi connectivity index (χ1v) is 10.6. The number of benzene rings is 2. The standard InChI is InChI=1S/C24H26N4O2/c1-17-13-19(14-17)26-24(29)23-16-27(21-5-2-3-6-22(21)30-23)15-18-7-9-20(10-8-18)28-12-4-11-25-28/h2-12,17,19,23H,13-16H2,1H3,(H,26,29). The Balaban J connectivity index is 1.32. The van der Waals surface area contributed by atoms with E-state index in [4.69, 9.17) is 4.74 Å². The lowest BCUT2D eigenvalue weighted by Gasteiger charge is -2.38. The molecule has 1 N–H and O–H groups in total. The molecule has 1 aliphatic carbocycles. The fourth-order valence-electron chi connectivity index (χ4n) is 4.30. The Labute approximate surface area is 176 Å². The first kappa shape index (κ1) is 18.7. The van der Waals surface area contributed by atoms with Crippen LogP contribution in [-0.4, -0.2) is 34.4 Å². The number of para-hydroxylation sites is 2. The van der Waals surface area contributed by atoms with E-state index in [0.717, 1.165) is 30.0 Å². The Morgan fingerprint density at radius 3 is 2.67 bits per heavy atom. The number of nitrogens with one attached hydrogen (secondary N) is 1. The maximum absolute atomic E-state index is 12.8. The van der Waals surface area contributed by atoms with Crippen molar-refractivity contribution in [3.8, 4) is 11.4 Å². The molecule has 30 heavy (non-hydrogen) atoms.